The molecule has 0 radical (unpaired) electrons. The molecule has 0 heterocycles. The largest absolute Gasteiger partial charge is 0.312 e. The second-order valence-corrected chi connectivity index (χ2v) is 3.25. The van der Waals surface area contributed by atoms with E-state index in [9.17, 15) is 0 Å². The van der Waals surface area contributed by atoms with Gasteiger partial charge in [0.05, 0.1) is 5.71 Å². The first-order chi connectivity index (χ1) is 7.27. The number of rotatable bonds is 4. The Morgan fingerprint density at radius 1 is 1.33 bits per heavy atom. The average Bonchev–Trinajstić information content (AvgIpc) is 2.27. The molecule has 1 rings (SSSR count). The lowest BCUT2D eigenvalue weighted by Crippen LogP contribution is -2.24. The van der Waals surface area contributed by atoms with Gasteiger partial charge >= 0.3 is 0 Å². The zero-order valence-electron chi connectivity index (χ0n) is 8.79. The van der Waals surface area contributed by atoms with Crippen molar-refractivity contribution in [3.8, 4) is 0 Å². The van der Waals surface area contributed by atoms with Gasteiger partial charge in [-0.2, -0.15) is 0 Å². The van der Waals surface area contributed by atoms with Crippen LogP contribution in [-0.2, 0) is 0 Å². The second kappa shape index (κ2) is 6.22. The summed E-state index contributed by atoms with van der Waals surface area (Å²) in [7, 11) is 3.49. The van der Waals surface area contributed by atoms with E-state index in [0.717, 1.165) is 11.3 Å². The fourth-order valence-corrected chi connectivity index (χ4v) is 1.36. The van der Waals surface area contributed by atoms with Crippen LogP contribution in [0.5, 0.6) is 0 Å². The van der Waals surface area contributed by atoms with Crippen LogP contribution in [0.25, 0.3) is 0 Å². The number of allylic oxidation sites excluding steroid dienone is 1. The average molecular weight is 224 g/mol. The normalized spacial score (nSPS) is 12.7. The van der Waals surface area contributed by atoms with Gasteiger partial charge in [0.1, 0.15) is 5.16 Å². The maximum Gasteiger partial charge on any atom is 0.118 e. The molecule has 0 amide bonds. The lowest BCUT2D eigenvalue weighted by Gasteiger charge is -2.04. The van der Waals surface area contributed by atoms with E-state index in [1.807, 2.05) is 30.3 Å². The van der Waals surface area contributed by atoms with Crippen LogP contribution < -0.4 is 10.9 Å². The number of hydrogen-bond donors (Lipinski definition) is 2. The molecule has 80 valence electrons. The summed E-state index contributed by atoms with van der Waals surface area (Å²) in [6.45, 7) is 0. The van der Waals surface area contributed by atoms with Crippen molar-refractivity contribution < 1.29 is 0 Å². The van der Waals surface area contributed by atoms with Gasteiger partial charge in [-0.25, -0.2) is 5.43 Å². The Labute approximate surface area is 94.8 Å². The summed E-state index contributed by atoms with van der Waals surface area (Å²) >= 11 is 5.91. The van der Waals surface area contributed by atoms with Crippen LogP contribution in [0.1, 0.15) is 5.56 Å². The fraction of sp³-hybridized carbons (Fsp3) is 0.182. The Hall–Kier alpha value is -1.32. The van der Waals surface area contributed by atoms with E-state index in [4.69, 9.17) is 11.6 Å². The number of nitrogens with zero attached hydrogens (tertiary/aromatic N) is 1. The van der Waals surface area contributed by atoms with Crippen LogP contribution in [0.3, 0.4) is 0 Å². The highest BCUT2D eigenvalue weighted by atomic mass is 35.5. The van der Waals surface area contributed by atoms with Gasteiger partial charge in [0, 0.05) is 20.2 Å². The summed E-state index contributed by atoms with van der Waals surface area (Å²) in [5, 5.41) is 0.502. The quantitative estimate of drug-likeness (QED) is 0.465. The molecule has 1 aromatic rings. The molecule has 0 aliphatic rings. The highest BCUT2D eigenvalue weighted by molar-refractivity contribution is 6.31. The number of halogens is 1. The molecule has 0 spiro atoms. The number of nitrogens with one attached hydrogen (secondary N) is 2. The Kier molecular flexibility index (Phi) is 4.87. The highest BCUT2D eigenvalue weighted by Gasteiger charge is 1.99. The first kappa shape index (κ1) is 11.8. The first-order valence-electron chi connectivity index (χ1n) is 4.60. The van der Waals surface area contributed by atoms with Crippen molar-refractivity contribution in [3.63, 3.8) is 0 Å². The Bertz CT molecular complexity index is 357. The molecule has 4 heteroatoms. The zero-order valence-corrected chi connectivity index (χ0v) is 9.55. The maximum atomic E-state index is 5.91. The van der Waals surface area contributed by atoms with Gasteiger partial charge in [0.25, 0.3) is 0 Å². The molecule has 0 fully saturated rings. The second-order valence-electron chi connectivity index (χ2n) is 2.84. The molecule has 0 bridgehead atoms. The molecular weight excluding hydrogens is 210 g/mol. The van der Waals surface area contributed by atoms with Crippen LogP contribution in [-0.4, -0.2) is 19.8 Å². The van der Waals surface area contributed by atoms with E-state index >= 15 is 0 Å². The summed E-state index contributed by atoms with van der Waals surface area (Å²) in [5.74, 6) is 0. The molecule has 0 aliphatic carbocycles. The van der Waals surface area contributed by atoms with Crippen molar-refractivity contribution in [2.75, 3.05) is 14.1 Å². The smallest absolute Gasteiger partial charge is 0.118 e. The van der Waals surface area contributed by atoms with Crippen LogP contribution >= 0.6 is 11.6 Å². The van der Waals surface area contributed by atoms with Crippen LogP contribution in [0, 0.1) is 0 Å². The summed E-state index contributed by atoms with van der Waals surface area (Å²) in [4.78, 5) is 4.17. The first-order valence-corrected chi connectivity index (χ1v) is 4.98. The third kappa shape index (κ3) is 3.73. The Morgan fingerprint density at radius 3 is 2.53 bits per heavy atom. The van der Waals surface area contributed by atoms with Crippen molar-refractivity contribution in [1.82, 2.24) is 10.9 Å². The minimum absolute atomic E-state index is 0.502. The van der Waals surface area contributed by atoms with Crippen LogP contribution in [0.4, 0.5) is 0 Å². The van der Waals surface area contributed by atoms with Crippen molar-refractivity contribution in [2.45, 2.75) is 0 Å². The SMILES string of the molecule is CN=C(/C=C(/Cl)NNC)c1ccccc1. The molecule has 0 atom stereocenters. The minimum Gasteiger partial charge on any atom is -0.312 e. The molecule has 3 nitrogen and oxygen atoms in total. The molecule has 0 unspecified atom stereocenters. The van der Waals surface area contributed by atoms with Gasteiger partial charge in [0.2, 0.25) is 0 Å². The maximum absolute atomic E-state index is 5.91. The van der Waals surface area contributed by atoms with E-state index in [1.54, 1.807) is 20.2 Å². The Morgan fingerprint density at radius 2 is 2.00 bits per heavy atom. The number of aliphatic imine (C=N–C) groups is 1. The number of hydrazine groups is 1. The molecule has 0 saturated carbocycles. The molecule has 0 aromatic heterocycles. The Balaban J connectivity index is 2.88. The topological polar surface area (TPSA) is 36.4 Å². The summed E-state index contributed by atoms with van der Waals surface area (Å²) in [6.07, 6.45) is 1.77. The van der Waals surface area contributed by atoms with Crippen LogP contribution in [0.15, 0.2) is 46.6 Å². The van der Waals surface area contributed by atoms with Gasteiger partial charge in [-0.1, -0.05) is 41.9 Å². The molecule has 2 N–H and O–H groups in total. The number of benzene rings is 1. The monoisotopic (exact) mass is 223 g/mol. The third-order valence-electron chi connectivity index (χ3n) is 1.82. The van der Waals surface area contributed by atoms with Gasteiger partial charge in [-0.3, -0.25) is 4.99 Å². The highest BCUT2D eigenvalue weighted by Crippen LogP contribution is 2.05. The van der Waals surface area contributed by atoms with Crippen molar-refractivity contribution in [2.24, 2.45) is 4.99 Å². The fourth-order valence-electron chi connectivity index (χ4n) is 1.16. The lowest BCUT2D eigenvalue weighted by atomic mass is 10.1. The molecule has 1 aromatic carbocycles. The summed E-state index contributed by atoms with van der Waals surface area (Å²) in [5.41, 5.74) is 7.39. The predicted molar refractivity (Wildman–Crippen MR) is 65.0 cm³/mol. The molecular formula is C11H14ClN3. The van der Waals surface area contributed by atoms with E-state index in [0.29, 0.717) is 5.16 Å². The molecule has 0 saturated heterocycles. The summed E-state index contributed by atoms with van der Waals surface area (Å²) < 4.78 is 0. The molecule has 0 aliphatic heterocycles. The van der Waals surface area contributed by atoms with Crippen molar-refractivity contribution in [3.05, 3.63) is 47.1 Å². The van der Waals surface area contributed by atoms with Gasteiger partial charge in [-0.05, 0) is 5.56 Å². The lowest BCUT2D eigenvalue weighted by molar-refractivity contribution is 0.719. The van der Waals surface area contributed by atoms with E-state index in [1.165, 1.54) is 0 Å². The van der Waals surface area contributed by atoms with E-state index in [2.05, 4.69) is 15.8 Å². The van der Waals surface area contributed by atoms with Crippen molar-refractivity contribution in [1.29, 1.82) is 0 Å². The molecule has 15 heavy (non-hydrogen) atoms. The van der Waals surface area contributed by atoms with Gasteiger partial charge in [-0.15, -0.1) is 0 Å². The van der Waals surface area contributed by atoms with Gasteiger partial charge in [0.15, 0.2) is 0 Å². The summed E-state index contributed by atoms with van der Waals surface area (Å²) in [6, 6.07) is 9.88. The third-order valence-corrected chi connectivity index (χ3v) is 2.02. The zero-order chi connectivity index (χ0) is 11.1. The number of hydrogen-bond acceptors (Lipinski definition) is 3. The standard InChI is InChI=1S/C11H14ClN3/c1-13-10(8-11(12)15-14-2)9-6-4-3-5-7-9/h3-8,14-15H,1-2H3/b11-8-,13-10?. The predicted octanol–water partition coefficient (Wildman–Crippen LogP) is 1.91. The van der Waals surface area contributed by atoms with Gasteiger partial charge < -0.3 is 5.43 Å². The van der Waals surface area contributed by atoms with Crippen LogP contribution in [0.2, 0.25) is 0 Å². The van der Waals surface area contributed by atoms with Crippen molar-refractivity contribution >= 4 is 17.3 Å². The van der Waals surface area contributed by atoms with E-state index in [-0.39, 0.29) is 0 Å². The van der Waals surface area contributed by atoms with E-state index < -0.39 is 0 Å². The minimum atomic E-state index is 0.502.